The SMILES string of the molecule is CC[C@H](C)[C@@H]([C@@H](CC(=O)N1CCC[C@H]1[C@H](OC)[C@@H](C)C(=O)C[C@@H](Cc1ccccc1)C(=O)O)OC)N(C)C(=O)[C@@H](CC(=O)C(C(C)C)N(C)C(=O)OCc1ccc(NCC(=O)CCCCCN2C(=O)CC(SC)C2=O)cc1)C(C)C. The molecule has 2 saturated heterocycles. The molecule has 0 saturated carbocycles. The number of likely N-dealkylation sites (N-methyl/N-ethyl adjacent to an activating group) is 2. The van der Waals surface area contributed by atoms with Gasteiger partial charge in [0.2, 0.25) is 23.6 Å². The van der Waals surface area contributed by atoms with Gasteiger partial charge in [-0.3, -0.25) is 43.3 Å². The Kier molecular flexibility index (Phi) is 27.3. The number of benzene rings is 2. The van der Waals surface area contributed by atoms with Crippen LogP contribution in [0.4, 0.5) is 10.5 Å². The van der Waals surface area contributed by atoms with Crippen molar-refractivity contribution in [1.29, 1.82) is 0 Å². The van der Waals surface area contributed by atoms with Crippen LogP contribution in [-0.4, -0.2) is 168 Å². The third-order valence-electron chi connectivity index (χ3n) is 16.3. The minimum absolute atomic E-state index is 0.0325. The molecular formula is C61H91N5O13S. The number of hydrogen-bond donors (Lipinski definition) is 2. The van der Waals surface area contributed by atoms with Crippen molar-refractivity contribution < 1.29 is 62.5 Å². The van der Waals surface area contributed by atoms with E-state index in [4.69, 9.17) is 14.2 Å². The van der Waals surface area contributed by atoms with Crippen LogP contribution < -0.4 is 5.32 Å². The van der Waals surface area contributed by atoms with Crippen molar-refractivity contribution in [1.82, 2.24) is 19.6 Å². The summed E-state index contributed by atoms with van der Waals surface area (Å²) >= 11 is 1.39. The van der Waals surface area contributed by atoms with Gasteiger partial charge in [0, 0.05) is 84.6 Å². The summed E-state index contributed by atoms with van der Waals surface area (Å²) in [6.45, 7) is 14.0. The summed E-state index contributed by atoms with van der Waals surface area (Å²) in [7, 11) is 6.23. The van der Waals surface area contributed by atoms with E-state index < -0.39 is 60.1 Å². The van der Waals surface area contributed by atoms with Crippen molar-refractivity contribution >= 4 is 70.5 Å². The summed E-state index contributed by atoms with van der Waals surface area (Å²) in [4.78, 5) is 126. The number of aliphatic carboxylic acids is 1. The van der Waals surface area contributed by atoms with Gasteiger partial charge in [-0.05, 0) is 79.4 Å². The van der Waals surface area contributed by atoms with Gasteiger partial charge in [-0.15, -0.1) is 0 Å². The molecule has 444 valence electrons. The molecule has 2 aliphatic rings. The summed E-state index contributed by atoms with van der Waals surface area (Å²) < 4.78 is 17.7. The fourth-order valence-corrected chi connectivity index (χ4v) is 12.0. The number of hydrogen-bond acceptors (Lipinski definition) is 14. The van der Waals surface area contributed by atoms with E-state index in [0.29, 0.717) is 62.9 Å². The zero-order chi connectivity index (χ0) is 59.4. The number of methoxy groups -OCH3 is 2. The molecule has 10 atom stereocenters. The van der Waals surface area contributed by atoms with Gasteiger partial charge in [0.15, 0.2) is 11.6 Å². The van der Waals surface area contributed by atoms with Crippen molar-refractivity contribution in [3.05, 3.63) is 65.7 Å². The van der Waals surface area contributed by atoms with Crippen LogP contribution in [0.25, 0.3) is 0 Å². The number of unbranched alkanes of at least 4 members (excludes halogenated alkanes) is 2. The number of likely N-dealkylation sites (tertiary alicyclic amines) is 2. The largest absolute Gasteiger partial charge is 0.481 e. The lowest BCUT2D eigenvalue weighted by molar-refractivity contribution is -0.149. The average Bonchev–Trinajstić information content (AvgIpc) is 4.05. The number of nitrogens with zero attached hydrogens (tertiary/aromatic N) is 4. The normalized spacial score (nSPS) is 18.5. The van der Waals surface area contributed by atoms with Gasteiger partial charge < -0.3 is 39.3 Å². The fourth-order valence-electron chi connectivity index (χ4n) is 11.4. The lowest BCUT2D eigenvalue weighted by atomic mass is 9.83. The summed E-state index contributed by atoms with van der Waals surface area (Å²) in [5.41, 5.74) is 2.23. The highest BCUT2D eigenvalue weighted by molar-refractivity contribution is 8.00. The highest BCUT2D eigenvalue weighted by Crippen LogP contribution is 2.32. The molecule has 2 aromatic carbocycles. The number of ether oxygens (including phenoxy) is 3. The zero-order valence-corrected chi connectivity index (χ0v) is 50.3. The first-order chi connectivity index (χ1) is 38.0. The molecule has 0 aromatic heterocycles. The molecule has 80 heavy (non-hydrogen) atoms. The van der Waals surface area contributed by atoms with E-state index in [0.717, 1.165) is 12.0 Å². The topological polar surface area (TPSA) is 227 Å². The number of thioether (sulfide) groups is 1. The minimum atomic E-state index is -1.05. The number of imide groups is 1. The first kappa shape index (κ1) is 66.8. The summed E-state index contributed by atoms with van der Waals surface area (Å²) in [5.74, 6) is -5.43. The number of carbonyl (C=O) groups is 9. The minimum Gasteiger partial charge on any atom is -0.481 e. The molecule has 2 fully saturated rings. The van der Waals surface area contributed by atoms with Gasteiger partial charge in [-0.1, -0.05) is 104 Å². The van der Waals surface area contributed by atoms with Crippen molar-refractivity contribution in [3.8, 4) is 0 Å². The van der Waals surface area contributed by atoms with Gasteiger partial charge in [-0.2, -0.15) is 11.8 Å². The lowest BCUT2D eigenvalue weighted by Gasteiger charge is -2.41. The average molecular weight is 1130 g/mol. The summed E-state index contributed by atoms with van der Waals surface area (Å²) in [5, 5.41) is 12.9. The van der Waals surface area contributed by atoms with E-state index in [1.807, 2.05) is 78.1 Å². The molecule has 2 aromatic rings. The Hall–Kier alpha value is -5.66. The predicted octanol–water partition coefficient (Wildman–Crippen LogP) is 8.37. The zero-order valence-electron chi connectivity index (χ0n) is 49.5. The third kappa shape index (κ3) is 18.7. The number of carboxylic acids is 1. The quantitative estimate of drug-likeness (QED) is 0.0488. The monoisotopic (exact) mass is 1130 g/mol. The van der Waals surface area contributed by atoms with Crippen LogP contribution in [0.1, 0.15) is 130 Å². The molecule has 4 rings (SSSR count). The van der Waals surface area contributed by atoms with Crippen molar-refractivity contribution in [3.63, 3.8) is 0 Å². The molecule has 2 aliphatic heterocycles. The standard InChI is InChI=1S/C61H91N5O13S/c1-13-40(6)56(51(77-10)34-53(70)65-30-20-24-48(65)57(78-11)41(7)49(68)32-44(60(74)75)31-42-21-16-14-17-22-42)63(8)58(72)47(38(2)3)33-50(69)55(39(4)5)64(9)61(76)79-37-43-25-27-45(28-26-43)62-36-46(67)23-18-15-19-29-66-54(71)35-52(80-12)59(66)73/h14,16-17,21-22,25-28,38-41,44,47-48,51-52,55-57,62H,13,15,18-20,23-24,29-37H2,1-12H3,(H,74,75)/t40-,41-,44+,47-,48-,51+,52?,55?,56-,57+/m0/s1. The molecule has 5 amide bonds. The van der Waals surface area contributed by atoms with E-state index in [2.05, 4.69) is 5.32 Å². The number of rotatable bonds is 35. The molecule has 2 N–H and O–H groups in total. The molecule has 0 spiro atoms. The summed E-state index contributed by atoms with van der Waals surface area (Å²) in [6.07, 6.45) is 4.11. The number of carboxylic acid groups (broad SMARTS) is 1. The molecule has 2 heterocycles. The molecule has 19 heteroatoms. The van der Waals surface area contributed by atoms with Gasteiger partial charge in [0.1, 0.15) is 12.4 Å². The molecule has 0 radical (unpaired) electrons. The van der Waals surface area contributed by atoms with Crippen LogP contribution >= 0.6 is 11.8 Å². The van der Waals surface area contributed by atoms with Crippen LogP contribution in [-0.2, 0) is 65.6 Å². The maximum atomic E-state index is 14.8. The van der Waals surface area contributed by atoms with Gasteiger partial charge in [0.25, 0.3) is 0 Å². The Bertz CT molecular complexity index is 2390. The van der Waals surface area contributed by atoms with Crippen molar-refractivity contribution in [2.45, 2.75) is 168 Å². The fraction of sp³-hybridized carbons (Fsp3) is 0.656. The number of amides is 5. The molecule has 2 unspecified atom stereocenters. The van der Waals surface area contributed by atoms with E-state index in [1.54, 1.807) is 48.0 Å². The number of ketones is 3. The Morgan fingerprint density at radius 1 is 0.812 bits per heavy atom. The number of Topliss-reactive ketones (excluding diaryl/α,β-unsaturated/α-hetero) is 3. The second kappa shape index (κ2) is 32.7. The smallest absolute Gasteiger partial charge is 0.410 e. The predicted molar refractivity (Wildman–Crippen MR) is 309 cm³/mol. The highest BCUT2D eigenvalue weighted by Gasteiger charge is 2.44. The van der Waals surface area contributed by atoms with Crippen molar-refractivity contribution in [2.75, 3.05) is 59.5 Å². The van der Waals surface area contributed by atoms with E-state index in [-0.39, 0.29) is 109 Å². The van der Waals surface area contributed by atoms with Crippen LogP contribution in [0.3, 0.4) is 0 Å². The molecule has 18 nitrogen and oxygen atoms in total. The Labute approximate surface area is 479 Å². The van der Waals surface area contributed by atoms with Crippen LogP contribution in [0, 0.1) is 35.5 Å². The molecular weight excluding hydrogens is 1040 g/mol. The number of anilines is 1. The molecule has 0 aliphatic carbocycles. The molecule has 0 bridgehead atoms. The highest BCUT2D eigenvalue weighted by atomic mass is 32.2. The second-order valence-electron chi connectivity index (χ2n) is 22.6. The Morgan fingerprint density at radius 3 is 2.06 bits per heavy atom. The maximum absolute atomic E-state index is 14.8. The van der Waals surface area contributed by atoms with Crippen LogP contribution in [0.2, 0.25) is 0 Å². The first-order valence-corrected chi connectivity index (χ1v) is 29.8. The third-order valence-corrected chi connectivity index (χ3v) is 17.3. The van der Waals surface area contributed by atoms with Crippen LogP contribution in [0.15, 0.2) is 54.6 Å². The van der Waals surface area contributed by atoms with Gasteiger partial charge in [0.05, 0.1) is 54.5 Å². The Balaban J connectivity index is 1.33. The van der Waals surface area contributed by atoms with Gasteiger partial charge >= 0.3 is 12.1 Å². The first-order valence-electron chi connectivity index (χ1n) is 28.5. The lowest BCUT2D eigenvalue weighted by Crippen LogP contribution is -2.54. The maximum Gasteiger partial charge on any atom is 0.410 e. The second-order valence-corrected chi connectivity index (χ2v) is 23.6. The van der Waals surface area contributed by atoms with Crippen LogP contribution in [0.5, 0.6) is 0 Å². The van der Waals surface area contributed by atoms with Crippen molar-refractivity contribution in [2.24, 2.45) is 35.5 Å². The number of nitrogens with one attached hydrogen (secondary N) is 1. The van der Waals surface area contributed by atoms with E-state index in [1.165, 1.54) is 42.8 Å². The Morgan fingerprint density at radius 2 is 1.49 bits per heavy atom. The van der Waals surface area contributed by atoms with E-state index in [9.17, 15) is 48.3 Å². The summed E-state index contributed by atoms with van der Waals surface area (Å²) in [6, 6.07) is 14.4. The van der Waals surface area contributed by atoms with E-state index >= 15 is 0 Å². The number of carbonyl (C=O) groups excluding carboxylic acids is 8. The van der Waals surface area contributed by atoms with Gasteiger partial charge in [-0.25, -0.2) is 4.79 Å².